The quantitative estimate of drug-likeness (QED) is 0.250. The predicted molar refractivity (Wildman–Crippen MR) is 162 cm³/mol. The summed E-state index contributed by atoms with van der Waals surface area (Å²) >= 11 is 12.7. The molecule has 224 valence electrons. The van der Waals surface area contributed by atoms with Crippen molar-refractivity contribution in [3.05, 3.63) is 80.6 Å². The van der Waals surface area contributed by atoms with Crippen LogP contribution >= 0.6 is 23.2 Å². The Labute approximate surface area is 258 Å². The number of imidazole rings is 1. The number of benzene rings is 3. The van der Waals surface area contributed by atoms with E-state index in [1.807, 2.05) is 18.2 Å². The van der Waals surface area contributed by atoms with Crippen molar-refractivity contribution in [2.45, 2.75) is 51.1 Å². The lowest BCUT2D eigenvalue weighted by Crippen LogP contribution is -2.36. The minimum absolute atomic E-state index is 0.00793. The fraction of sp³-hybridized carbons (Fsp3) is 0.375. The Morgan fingerprint density at radius 3 is 2.74 bits per heavy atom. The Hall–Kier alpha value is -3.50. The number of hydrogen-bond acceptors (Lipinski definition) is 7. The van der Waals surface area contributed by atoms with Gasteiger partial charge in [0.1, 0.15) is 23.7 Å². The molecule has 0 amide bonds. The lowest BCUT2D eigenvalue weighted by Gasteiger charge is -2.38. The summed E-state index contributed by atoms with van der Waals surface area (Å²) in [7, 11) is 1.54. The van der Waals surface area contributed by atoms with Crippen LogP contribution in [0.1, 0.15) is 58.4 Å². The van der Waals surface area contributed by atoms with E-state index in [4.69, 9.17) is 47.1 Å². The molecule has 3 aliphatic rings. The largest absolute Gasteiger partial charge is 0.494 e. The van der Waals surface area contributed by atoms with Crippen molar-refractivity contribution in [1.29, 1.82) is 0 Å². The molecule has 7 rings (SSSR count). The monoisotopic (exact) mass is 623 g/mol. The number of carboxylic acid groups (broad SMARTS) is 1. The molecular formula is C32H31Cl2N3O6. The van der Waals surface area contributed by atoms with Gasteiger partial charge in [0.25, 0.3) is 0 Å². The Bertz CT molecular complexity index is 1740. The van der Waals surface area contributed by atoms with Gasteiger partial charge >= 0.3 is 5.97 Å². The zero-order valence-electron chi connectivity index (χ0n) is 23.8. The van der Waals surface area contributed by atoms with Crippen molar-refractivity contribution in [2.24, 2.45) is 0 Å². The van der Waals surface area contributed by atoms with Gasteiger partial charge in [-0.3, -0.25) is 4.90 Å². The van der Waals surface area contributed by atoms with Crippen LogP contribution in [0.25, 0.3) is 11.0 Å². The number of nitrogens with zero attached hydrogens (tertiary/aromatic N) is 3. The summed E-state index contributed by atoms with van der Waals surface area (Å²) in [6.45, 7) is 5.20. The molecule has 1 unspecified atom stereocenters. The third-order valence-corrected chi connectivity index (χ3v) is 9.30. The number of rotatable bonds is 7. The highest BCUT2D eigenvalue weighted by atomic mass is 35.5. The number of aromatic carboxylic acids is 1. The first-order valence-electron chi connectivity index (χ1n) is 14.4. The number of fused-ring (bicyclic) bond motifs is 4. The van der Waals surface area contributed by atoms with Crippen molar-refractivity contribution < 1.29 is 28.8 Å². The highest BCUT2D eigenvalue weighted by molar-refractivity contribution is 6.35. The highest BCUT2D eigenvalue weighted by Crippen LogP contribution is 2.47. The molecule has 11 heteroatoms. The molecule has 3 aliphatic heterocycles. The van der Waals surface area contributed by atoms with Crippen molar-refractivity contribution in [1.82, 2.24) is 14.5 Å². The second kappa shape index (κ2) is 11.2. The van der Waals surface area contributed by atoms with Crippen molar-refractivity contribution in [3.8, 4) is 17.2 Å². The van der Waals surface area contributed by atoms with Crippen molar-refractivity contribution >= 4 is 40.2 Å². The normalized spacial score (nSPS) is 21.3. The predicted octanol–water partition coefficient (Wildman–Crippen LogP) is 6.47. The Kier molecular flexibility index (Phi) is 7.37. The first kappa shape index (κ1) is 28.3. The van der Waals surface area contributed by atoms with E-state index in [0.717, 1.165) is 54.2 Å². The average Bonchev–Trinajstić information content (AvgIpc) is 3.31. The van der Waals surface area contributed by atoms with Crippen molar-refractivity contribution in [2.75, 3.05) is 26.9 Å². The van der Waals surface area contributed by atoms with Crippen LogP contribution in [-0.4, -0.2) is 58.5 Å². The maximum absolute atomic E-state index is 11.9. The van der Waals surface area contributed by atoms with Gasteiger partial charge in [-0.05, 0) is 55.7 Å². The third kappa shape index (κ3) is 5.08. The smallest absolute Gasteiger partial charge is 0.335 e. The van der Waals surface area contributed by atoms with Crippen LogP contribution in [0.2, 0.25) is 10.0 Å². The third-order valence-electron chi connectivity index (χ3n) is 8.73. The molecule has 1 N–H and O–H groups in total. The van der Waals surface area contributed by atoms with Gasteiger partial charge in [0, 0.05) is 40.4 Å². The van der Waals surface area contributed by atoms with Gasteiger partial charge in [0.15, 0.2) is 17.6 Å². The minimum Gasteiger partial charge on any atom is -0.494 e. The summed E-state index contributed by atoms with van der Waals surface area (Å²) in [5.41, 5.74) is 4.67. The molecule has 0 saturated carbocycles. The Morgan fingerprint density at radius 1 is 1.19 bits per heavy atom. The van der Waals surface area contributed by atoms with E-state index in [-0.39, 0.29) is 23.8 Å². The number of methoxy groups -OCH3 is 1. The van der Waals surface area contributed by atoms with Crippen LogP contribution in [0.4, 0.5) is 0 Å². The Morgan fingerprint density at radius 2 is 2.02 bits per heavy atom. The molecule has 3 atom stereocenters. The fourth-order valence-electron chi connectivity index (χ4n) is 6.30. The molecule has 9 nitrogen and oxygen atoms in total. The topological polar surface area (TPSA) is 95.3 Å². The second-order valence-electron chi connectivity index (χ2n) is 11.2. The fourth-order valence-corrected chi connectivity index (χ4v) is 6.83. The van der Waals surface area contributed by atoms with E-state index < -0.39 is 5.97 Å². The average molecular weight is 625 g/mol. The molecule has 43 heavy (non-hydrogen) atoms. The standard InChI is InChI=1S/C32H31Cl2N3O6/c1-17-29-18(3-6-25-31(29)43-27(16-42-25)22-5-4-20(33)13-23(22)34)7-9-36(17)15-28-35-30-24(37(28)14-21-8-10-41-21)11-19(32(38)39)12-26(30)40-2/h3-6,11-13,17,21,27H,7-10,14-16H2,1-2H3,(H,38,39)/t17?,21-,27+/m0/s1. The van der Waals surface area contributed by atoms with Gasteiger partial charge in [-0.2, -0.15) is 0 Å². The van der Waals surface area contributed by atoms with E-state index in [1.165, 1.54) is 18.7 Å². The van der Waals surface area contributed by atoms with Crippen LogP contribution in [-0.2, 0) is 24.2 Å². The molecule has 1 saturated heterocycles. The van der Waals surface area contributed by atoms with Gasteiger partial charge in [-0.25, -0.2) is 9.78 Å². The minimum atomic E-state index is -1.01. The number of ether oxygens (including phenoxy) is 4. The van der Waals surface area contributed by atoms with Gasteiger partial charge in [0.2, 0.25) is 0 Å². The molecule has 4 aromatic rings. The molecule has 0 spiro atoms. The summed E-state index contributed by atoms with van der Waals surface area (Å²) < 4.78 is 26.3. The summed E-state index contributed by atoms with van der Waals surface area (Å²) in [5.74, 6) is 1.71. The molecule has 3 aromatic carbocycles. The molecule has 1 aromatic heterocycles. The van der Waals surface area contributed by atoms with E-state index in [2.05, 4.69) is 22.5 Å². The highest BCUT2D eigenvalue weighted by Gasteiger charge is 2.35. The summed E-state index contributed by atoms with van der Waals surface area (Å²) in [6, 6.07) is 12.7. The van der Waals surface area contributed by atoms with E-state index in [1.54, 1.807) is 12.1 Å². The van der Waals surface area contributed by atoms with Crippen LogP contribution in [0.3, 0.4) is 0 Å². The first-order valence-corrected chi connectivity index (χ1v) is 15.1. The van der Waals surface area contributed by atoms with Crippen molar-refractivity contribution in [3.63, 3.8) is 0 Å². The van der Waals surface area contributed by atoms with E-state index in [9.17, 15) is 9.90 Å². The number of aromatic nitrogens is 2. The maximum atomic E-state index is 11.9. The molecule has 0 aliphatic carbocycles. The van der Waals surface area contributed by atoms with Gasteiger partial charge < -0.3 is 28.6 Å². The van der Waals surface area contributed by atoms with Crippen LogP contribution in [0.5, 0.6) is 17.2 Å². The number of halogens is 2. The summed E-state index contributed by atoms with van der Waals surface area (Å²) in [4.78, 5) is 19.3. The summed E-state index contributed by atoms with van der Waals surface area (Å²) in [6.07, 6.45) is 1.48. The van der Waals surface area contributed by atoms with E-state index >= 15 is 0 Å². The summed E-state index contributed by atoms with van der Waals surface area (Å²) in [5, 5.41) is 10.9. The molecule has 0 radical (unpaired) electrons. The number of hydrogen-bond donors (Lipinski definition) is 1. The first-order chi connectivity index (χ1) is 20.8. The van der Waals surface area contributed by atoms with Crippen LogP contribution in [0.15, 0.2) is 42.5 Å². The van der Waals surface area contributed by atoms with Crippen LogP contribution < -0.4 is 14.2 Å². The number of carbonyl (C=O) groups is 1. The van der Waals surface area contributed by atoms with E-state index in [0.29, 0.717) is 46.8 Å². The van der Waals surface area contributed by atoms with Gasteiger partial charge in [-0.1, -0.05) is 35.3 Å². The molecule has 1 fully saturated rings. The SMILES string of the molecule is COc1cc(C(=O)O)cc2c1nc(CN1CCc3ccc4c(c3C1C)O[C@@H](c1ccc(Cl)cc1Cl)CO4)n2C[C@@H]1CCO1. The molecule has 0 bridgehead atoms. The Balaban J connectivity index is 1.23. The van der Waals surface area contributed by atoms with Gasteiger partial charge in [0.05, 0.1) is 37.4 Å². The second-order valence-corrected chi connectivity index (χ2v) is 12.1. The zero-order valence-corrected chi connectivity index (χ0v) is 25.3. The number of carboxylic acids is 1. The van der Waals surface area contributed by atoms with Gasteiger partial charge in [-0.15, -0.1) is 0 Å². The lowest BCUT2D eigenvalue weighted by atomic mass is 9.91. The molecular weight excluding hydrogens is 593 g/mol. The zero-order chi connectivity index (χ0) is 29.8. The molecule has 4 heterocycles. The lowest BCUT2D eigenvalue weighted by molar-refractivity contribution is -0.0592. The maximum Gasteiger partial charge on any atom is 0.335 e. The van der Waals surface area contributed by atoms with Crippen LogP contribution in [0, 0.1) is 0 Å².